The van der Waals surface area contributed by atoms with Crippen molar-refractivity contribution in [2.75, 3.05) is 33.2 Å². The summed E-state index contributed by atoms with van der Waals surface area (Å²) in [6, 6.07) is 0. The predicted molar refractivity (Wildman–Crippen MR) is 64.1 cm³/mol. The molecule has 90 valence electrons. The van der Waals surface area contributed by atoms with Gasteiger partial charge in [-0.1, -0.05) is 0 Å². The SMILES string of the molecule is CN1CCN(CCC(C)(C)O)CC1(C)C. The zero-order valence-corrected chi connectivity index (χ0v) is 10.9. The quantitative estimate of drug-likeness (QED) is 0.764. The van der Waals surface area contributed by atoms with Gasteiger partial charge in [0, 0.05) is 31.7 Å². The molecular formula is C12H26N2O. The van der Waals surface area contributed by atoms with Crippen molar-refractivity contribution in [1.29, 1.82) is 0 Å². The Labute approximate surface area is 94.1 Å². The topological polar surface area (TPSA) is 26.7 Å². The lowest BCUT2D eigenvalue weighted by Gasteiger charge is -2.45. The Balaban J connectivity index is 2.40. The summed E-state index contributed by atoms with van der Waals surface area (Å²) in [6.45, 7) is 12.7. The van der Waals surface area contributed by atoms with Gasteiger partial charge in [-0.15, -0.1) is 0 Å². The van der Waals surface area contributed by atoms with Crippen LogP contribution in [0, 0.1) is 0 Å². The molecule has 0 bridgehead atoms. The van der Waals surface area contributed by atoms with Gasteiger partial charge < -0.3 is 10.0 Å². The summed E-state index contributed by atoms with van der Waals surface area (Å²) in [7, 11) is 2.19. The first-order valence-corrected chi connectivity index (χ1v) is 5.87. The van der Waals surface area contributed by atoms with Crippen molar-refractivity contribution in [3.8, 4) is 0 Å². The molecule has 3 heteroatoms. The maximum absolute atomic E-state index is 9.69. The third kappa shape index (κ3) is 4.09. The van der Waals surface area contributed by atoms with E-state index in [2.05, 4.69) is 30.7 Å². The van der Waals surface area contributed by atoms with E-state index in [9.17, 15) is 5.11 Å². The highest BCUT2D eigenvalue weighted by atomic mass is 16.3. The van der Waals surface area contributed by atoms with E-state index >= 15 is 0 Å². The van der Waals surface area contributed by atoms with Gasteiger partial charge in [-0.2, -0.15) is 0 Å². The lowest BCUT2D eigenvalue weighted by atomic mass is 9.98. The number of hydrogen-bond acceptors (Lipinski definition) is 3. The van der Waals surface area contributed by atoms with Crippen LogP contribution in [-0.4, -0.2) is 59.3 Å². The average molecular weight is 214 g/mol. The molecule has 0 aromatic carbocycles. The first-order valence-electron chi connectivity index (χ1n) is 5.87. The Morgan fingerprint density at radius 1 is 1.27 bits per heavy atom. The predicted octanol–water partition coefficient (Wildman–Crippen LogP) is 1.17. The molecule has 0 spiro atoms. The van der Waals surface area contributed by atoms with Crippen LogP contribution in [0.25, 0.3) is 0 Å². The highest BCUT2D eigenvalue weighted by Crippen LogP contribution is 2.19. The summed E-state index contributed by atoms with van der Waals surface area (Å²) < 4.78 is 0. The van der Waals surface area contributed by atoms with Crippen LogP contribution in [0.15, 0.2) is 0 Å². The van der Waals surface area contributed by atoms with E-state index in [1.165, 1.54) is 0 Å². The van der Waals surface area contributed by atoms with Crippen LogP contribution in [0.5, 0.6) is 0 Å². The summed E-state index contributed by atoms with van der Waals surface area (Å²) in [5.41, 5.74) is -0.272. The molecular weight excluding hydrogens is 188 g/mol. The van der Waals surface area contributed by atoms with Crippen LogP contribution >= 0.6 is 0 Å². The molecule has 1 fully saturated rings. The lowest BCUT2D eigenvalue weighted by Crippen LogP contribution is -2.57. The molecule has 1 heterocycles. The van der Waals surface area contributed by atoms with Crippen molar-refractivity contribution in [1.82, 2.24) is 9.80 Å². The fourth-order valence-corrected chi connectivity index (χ4v) is 1.96. The second-order valence-electron chi connectivity index (χ2n) is 6.07. The van der Waals surface area contributed by atoms with E-state index in [0.717, 1.165) is 32.6 Å². The van der Waals surface area contributed by atoms with E-state index < -0.39 is 5.60 Å². The molecule has 1 rings (SSSR count). The summed E-state index contributed by atoms with van der Waals surface area (Å²) in [4.78, 5) is 4.87. The minimum Gasteiger partial charge on any atom is -0.390 e. The molecule has 0 saturated carbocycles. The molecule has 0 aliphatic carbocycles. The lowest BCUT2D eigenvalue weighted by molar-refractivity contribution is 0.0146. The monoisotopic (exact) mass is 214 g/mol. The van der Waals surface area contributed by atoms with Crippen molar-refractivity contribution >= 4 is 0 Å². The fraction of sp³-hybridized carbons (Fsp3) is 1.00. The van der Waals surface area contributed by atoms with Crippen LogP contribution in [0.4, 0.5) is 0 Å². The fourth-order valence-electron chi connectivity index (χ4n) is 1.96. The number of hydrogen-bond donors (Lipinski definition) is 1. The highest BCUT2D eigenvalue weighted by molar-refractivity contribution is 4.88. The Hall–Kier alpha value is -0.120. The smallest absolute Gasteiger partial charge is 0.0603 e. The van der Waals surface area contributed by atoms with Gasteiger partial charge in [-0.05, 0) is 41.2 Å². The first-order chi connectivity index (χ1) is 6.71. The van der Waals surface area contributed by atoms with Gasteiger partial charge in [-0.3, -0.25) is 4.90 Å². The zero-order chi connectivity index (χ0) is 11.7. The largest absolute Gasteiger partial charge is 0.390 e. The van der Waals surface area contributed by atoms with Crippen molar-refractivity contribution in [2.45, 2.75) is 45.3 Å². The third-order valence-electron chi connectivity index (χ3n) is 3.44. The average Bonchev–Trinajstić information content (AvgIpc) is 2.06. The molecule has 15 heavy (non-hydrogen) atoms. The molecule has 0 amide bonds. The number of rotatable bonds is 3. The molecule has 0 aromatic rings. The van der Waals surface area contributed by atoms with Crippen molar-refractivity contribution < 1.29 is 5.11 Å². The van der Waals surface area contributed by atoms with Gasteiger partial charge in [0.05, 0.1) is 5.60 Å². The van der Waals surface area contributed by atoms with Gasteiger partial charge in [0.25, 0.3) is 0 Å². The minimum atomic E-state index is -0.534. The summed E-state index contributed by atoms with van der Waals surface area (Å²) in [6.07, 6.45) is 0.854. The van der Waals surface area contributed by atoms with Crippen LogP contribution in [-0.2, 0) is 0 Å². The van der Waals surface area contributed by atoms with Gasteiger partial charge in [0.2, 0.25) is 0 Å². The number of likely N-dealkylation sites (N-methyl/N-ethyl adjacent to an activating group) is 1. The van der Waals surface area contributed by atoms with Gasteiger partial charge in [0.15, 0.2) is 0 Å². The molecule has 1 saturated heterocycles. The zero-order valence-electron chi connectivity index (χ0n) is 10.9. The molecule has 3 nitrogen and oxygen atoms in total. The van der Waals surface area contributed by atoms with Crippen molar-refractivity contribution in [3.63, 3.8) is 0 Å². The minimum absolute atomic E-state index is 0.262. The van der Waals surface area contributed by atoms with E-state index in [-0.39, 0.29) is 5.54 Å². The van der Waals surface area contributed by atoms with Gasteiger partial charge >= 0.3 is 0 Å². The van der Waals surface area contributed by atoms with E-state index in [1.807, 2.05) is 13.8 Å². The Kier molecular flexibility index (Phi) is 3.80. The Morgan fingerprint density at radius 2 is 1.87 bits per heavy atom. The van der Waals surface area contributed by atoms with E-state index in [0.29, 0.717) is 0 Å². The maximum Gasteiger partial charge on any atom is 0.0603 e. The standard InChI is InChI=1S/C12H26N2O/c1-11(2)10-14(9-8-13(11)5)7-6-12(3,4)15/h15H,6-10H2,1-5H3. The van der Waals surface area contributed by atoms with Crippen LogP contribution in [0.1, 0.15) is 34.1 Å². The maximum atomic E-state index is 9.69. The van der Waals surface area contributed by atoms with Crippen LogP contribution in [0.3, 0.4) is 0 Å². The second-order valence-corrected chi connectivity index (χ2v) is 6.07. The van der Waals surface area contributed by atoms with E-state index in [4.69, 9.17) is 0 Å². The number of nitrogens with zero attached hydrogens (tertiary/aromatic N) is 2. The molecule has 1 aliphatic heterocycles. The Bertz CT molecular complexity index is 208. The molecule has 1 aliphatic rings. The molecule has 0 aromatic heterocycles. The molecule has 0 radical (unpaired) electrons. The molecule has 1 N–H and O–H groups in total. The summed E-state index contributed by atoms with van der Waals surface area (Å²) in [5, 5.41) is 9.69. The van der Waals surface area contributed by atoms with Gasteiger partial charge in [0.1, 0.15) is 0 Å². The first kappa shape index (κ1) is 12.9. The summed E-state index contributed by atoms with van der Waals surface area (Å²) in [5.74, 6) is 0. The second kappa shape index (κ2) is 4.40. The van der Waals surface area contributed by atoms with E-state index in [1.54, 1.807) is 0 Å². The van der Waals surface area contributed by atoms with Crippen LogP contribution in [0.2, 0.25) is 0 Å². The third-order valence-corrected chi connectivity index (χ3v) is 3.44. The normalized spacial score (nSPS) is 24.4. The van der Waals surface area contributed by atoms with Crippen LogP contribution < -0.4 is 0 Å². The Morgan fingerprint density at radius 3 is 2.33 bits per heavy atom. The molecule has 0 unspecified atom stereocenters. The highest BCUT2D eigenvalue weighted by Gasteiger charge is 2.31. The number of piperazine rings is 1. The number of aliphatic hydroxyl groups is 1. The van der Waals surface area contributed by atoms with Crippen molar-refractivity contribution in [3.05, 3.63) is 0 Å². The summed E-state index contributed by atoms with van der Waals surface area (Å²) >= 11 is 0. The van der Waals surface area contributed by atoms with Gasteiger partial charge in [-0.25, -0.2) is 0 Å². The molecule has 0 atom stereocenters. The van der Waals surface area contributed by atoms with Crippen molar-refractivity contribution in [2.24, 2.45) is 0 Å².